The van der Waals surface area contributed by atoms with Gasteiger partial charge in [-0.15, -0.1) is 11.3 Å². The first-order chi connectivity index (χ1) is 7.08. The standard InChI is InChI=1S/C10H8BrFN2S/c1-5-9(13)14-10(15-5)7-3-2-6(11)4-8(7)12/h2-4H,13H2,1H3. The molecule has 0 bridgehead atoms. The summed E-state index contributed by atoms with van der Waals surface area (Å²) in [7, 11) is 0. The van der Waals surface area contributed by atoms with Gasteiger partial charge < -0.3 is 5.73 Å². The van der Waals surface area contributed by atoms with Gasteiger partial charge in [0.05, 0.1) is 0 Å². The van der Waals surface area contributed by atoms with Crippen LogP contribution in [0.2, 0.25) is 0 Å². The molecule has 0 aliphatic carbocycles. The van der Waals surface area contributed by atoms with Crippen molar-refractivity contribution in [2.45, 2.75) is 6.92 Å². The highest BCUT2D eigenvalue weighted by Gasteiger charge is 2.11. The molecule has 1 aromatic heterocycles. The van der Waals surface area contributed by atoms with Crippen molar-refractivity contribution in [3.63, 3.8) is 0 Å². The average Bonchev–Trinajstić information content (AvgIpc) is 2.46. The lowest BCUT2D eigenvalue weighted by Gasteiger charge is -1.98. The minimum Gasteiger partial charge on any atom is -0.383 e. The summed E-state index contributed by atoms with van der Waals surface area (Å²) in [6.45, 7) is 1.87. The molecule has 0 spiro atoms. The van der Waals surface area contributed by atoms with E-state index in [0.717, 1.165) is 4.88 Å². The van der Waals surface area contributed by atoms with Gasteiger partial charge in [0.1, 0.15) is 16.6 Å². The van der Waals surface area contributed by atoms with E-state index in [1.807, 2.05) is 6.92 Å². The summed E-state index contributed by atoms with van der Waals surface area (Å²) >= 11 is 4.60. The van der Waals surface area contributed by atoms with E-state index in [-0.39, 0.29) is 5.82 Å². The number of rotatable bonds is 1. The molecular formula is C10H8BrFN2S. The van der Waals surface area contributed by atoms with E-state index in [0.29, 0.717) is 20.9 Å². The number of benzene rings is 1. The second kappa shape index (κ2) is 3.90. The largest absolute Gasteiger partial charge is 0.383 e. The molecule has 0 amide bonds. The Morgan fingerprint density at radius 1 is 1.47 bits per heavy atom. The smallest absolute Gasteiger partial charge is 0.138 e. The molecule has 0 fully saturated rings. The van der Waals surface area contributed by atoms with Crippen molar-refractivity contribution >= 4 is 33.1 Å². The highest BCUT2D eigenvalue weighted by atomic mass is 79.9. The van der Waals surface area contributed by atoms with E-state index in [4.69, 9.17) is 5.73 Å². The Hall–Kier alpha value is -0.940. The van der Waals surface area contributed by atoms with Gasteiger partial charge in [-0.25, -0.2) is 9.37 Å². The second-order valence-electron chi connectivity index (χ2n) is 3.08. The summed E-state index contributed by atoms with van der Waals surface area (Å²) in [5, 5.41) is 0.620. The first-order valence-corrected chi connectivity index (χ1v) is 5.87. The van der Waals surface area contributed by atoms with E-state index in [1.54, 1.807) is 12.1 Å². The monoisotopic (exact) mass is 286 g/mol. The fourth-order valence-electron chi connectivity index (χ4n) is 1.19. The van der Waals surface area contributed by atoms with E-state index in [9.17, 15) is 4.39 Å². The van der Waals surface area contributed by atoms with Gasteiger partial charge >= 0.3 is 0 Å². The minimum atomic E-state index is -0.293. The normalized spacial score (nSPS) is 10.6. The molecule has 0 saturated heterocycles. The number of hydrogen-bond acceptors (Lipinski definition) is 3. The third-order valence-electron chi connectivity index (χ3n) is 1.99. The third kappa shape index (κ3) is 2.03. The van der Waals surface area contributed by atoms with Crippen LogP contribution >= 0.6 is 27.3 Å². The Morgan fingerprint density at radius 3 is 2.73 bits per heavy atom. The van der Waals surface area contributed by atoms with E-state index in [2.05, 4.69) is 20.9 Å². The van der Waals surface area contributed by atoms with Gasteiger partial charge in [0.15, 0.2) is 0 Å². The quantitative estimate of drug-likeness (QED) is 0.870. The predicted molar refractivity (Wildman–Crippen MR) is 64.4 cm³/mol. The fourth-order valence-corrected chi connectivity index (χ4v) is 2.38. The third-order valence-corrected chi connectivity index (χ3v) is 3.51. The molecule has 2 rings (SSSR count). The van der Waals surface area contributed by atoms with Crippen molar-refractivity contribution in [1.82, 2.24) is 4.98 Å². The van der Waals surface area contributed by atoms with Crippen molar-refractivity contribution in [3.8, 4) is 10.6 Å². The molecule has 0 atom stereocenters. The Bertz CT molecular complexity index is 491. The maximum absolute atomic E-state index is 13.6. The van der Waals surface area contributed by atoms with Crippen LogP contribution in [0.5, 0.6) is 0 Å². The topological polar surface area (TPSA) is 38.9 Å². The molecule has 2 nitrogen and oxygen atoms in total. The Kier molecular flexibility index (Phi) is 2.75. The molecule has 2 aromatic rings. The molecule has 5 heteroatoms. The number of aryl methyl sites for hydroxylation is 1. The zero-order valence-electron chi connectivity index (χ0n) is 7.92. The van der Waals surface area contributed by atoms with Crippen LogP contribution in [-0.4, -0.2) is 4.98 Å². The maximum Gasteiger partial charge on any atom is 0.138 e. The molecular weight excluding hydrogens is 279 g/mol. The van der Waals surface area contributed by atoms with Gasteiger partial charge in [0.2, 0.25) is 0 Å². The number of nitrogen functional groups attached to an aromatic ring is 1. The number of nitrogens with two attached hydrogens (primary N) is 1. The predicted octanol–water partition coefficient (Wildman–Crippen LogP) is 3.60. The van der Waals surface area contributed by atoms with Crippen LogP contribution in [0.25, 0.3) is 10.6 Å². The molecule has 1 heterocycles. The SMILES string of the molecule is Cc1sc(-c2ccc(Br)cc2F)nc1N. The molecule has 0 aliphatic heterocycles. The van der Waals surface area contributed by atoms with Crippen LogP contribution in [0.15, 0.2) is 22.7 Å². The number of anilines is 1. The van der Waals surface area contributed by atoms with Crippen LogP contribution < -0.4 is 5.73 Å². The molecule has 0 aliphatic rings. The average molecular weight is 287 g/mol. The Labute approximate surface area is 99.1 Å². The fraction of sp³-hybridized carbons (Fsp3) is 0.100. The van der Waals surface area contributed by atoms with Crippen LogP contribution in [0.3, 0.4) is 0 Å². The summed E-state index contributed by atoms with van der Waals surface area (Å²) in [6.07, 6.45) is 0. The van der Waals surface area contributed by atoms with Crippen molar-refractivity contribution in [2.24, 2.45) is 0 Å². The number of hydrogen-bond donors (Lipinski definition) is 1. The molecule has 78 valence electrons. The minimum absolute atomic E-state index is 0.293. The first kappa shape index (κ1) is 10.6. The summed E-state index contributed by atoms with van der Waals surface area (Å²) in [6, 6.07) is 4.89. The van der Waals surface area contributed by atoms with Crippen LogP contribution in [0, 0.1) is 12.7 Å². The number of thiazole rings is 1. The molecule has 0 unspecified atom stereocenters. The molecule has 2 N–H and O–H groups in total. The van der Waals surface area contributed by atoms with Crippen molar-refractivity contribution in [2.75, 3.05) is 5.73 Å². The lowest BCUT2D eigenvalue weighted by atomic mass is 10.2. The lowest BCUT2D eigenvalue weighted by molar-refractivity contribution is 0.630. The zero-order valence-corrected chi connectivity index (χ0v) is 10.3. The summed E-state index contributed by atoms with van der Waals surface area (Å²) < 4.78 is 14.3. The highest BCUT2D eigenvalue weighted by molar-refractivity contribution is 9.10. The van der Waals surface area contributed by atoms with Gasteiger partial charge in [0.25, 0.3) is 0 Å². The van der Waals surface area contributed by atoms with E-state index >= 15 is 0 Å². The van der Waals surface area contributed by atoms with E-state index in [1.165, 1.54) is 17.4 Å². The Morgan fingerprint density at radius 2 is 2.20 bits per heavy atom. The van der Waals surface area contributed by atoms with Crippen molar-refractivity contribution in [3.05, 3.63) is 33.4 Å². The second-order valence-corrected chi connectivity index (χ2v) is 5.20. The molecule has 15 heavy (non-hydrogen) atoms. The number of halogens is 2. The number of aromatic nitrogens is 1. The zero-order chi connectivity index (χ0) is 11.0. The van der Waals surface area contributed by atoms with Gasteiger partial charge in [-0.3, -0.25) is 0 Å². The molecule has 0 radical (unpaired) electrons. The summed E-state index contributed by atoms with van der Waals surface area (Å²) in [4.78, 5) is 5.02. The number of nitrogens with zero attached hydrogens (tertiary/aromatic N) is 1. The van der Waals surface area contributed by atoms with Gasteiger partial charge in [-0.2, -0.15) is 0 Å². The summed E-state index contributed by atoms with van der Waals surface area (Å²) in [5.41, 5.74) is 6.11. The molecule has 0 saturated carbocycles. The van der Waals surface area contributed by atoms with E-state index < -0.39 is 0 Å². The lowest BCUT2D eigenvalue weighted by Crippen LogP contribution is -1.87. The van der Waals surface area contributed by atoms with Crippen LogP contribution in [0.1, 0.15) is 4.88 Å². The van der Waals surface area contributed by atoms with Crippen molar-refractivity contribution < 1.29 is 4.39 Å². The van der Waals surface area contributed by atoms with Gasteiger partial charge in [0, 0.05) is 14.9 Å². The highest BCUT2D eigenvalue weighted by Crippen LogP contribution is 2.31. The Balaban J connectivity index is 2.54. The first-order valence-electron chi connectivity index (χ1n) is 4.26. The summed E-state index contributed by atoms with van der Waals surface area (Å²) in [5.74, 6) is 0.176. The van der Waals surface area contributed by atoms with Crippen LogP contribution in [0.4, 0.5) is 10.2 Å². The molecule has 1 aromatic carbocycles. The maximum atomic E-state index is 13.6. The van der Waals surface area contributed by atoms with Crippen LogP contribution in [-0.2, 0) is 0 Å². The van der Waals surface area contributed by atoms with Crippen molar-refractivity contribution in [1.29, 1.82) is 0 Å². The van der Waals surface area contributed by atoms with Gasteiger partial charge in [-0.05, 0) is 25.1 Å². The van der Waals surface area contributed by atoms with Gasteiger partial charge in [-0.1, -0.05) is 15.9 Å².